The predicted octanol–water partition coefficient (Wildman–Crippen LogP) is 2.75. The van der Waals surface area contributed by atoms with E-state index in [1.54, 1.807) is 19.3 Å². The molecule has 2 rings (SSSR count). The minimum Gasteiger partial charge on any atom is -0.469 e. The van der Waals surface area contributed by atoms with Gasteiger partial charge in [0.25, 0.3) is 0 Å². The average molecular weight is 377 g/mol. The highest BCUT2D eigenvalue weighted by Gasteiger charge is 2.23. The fourth-order valence-corrected chi connectivity index (χ4v) is 3.07. The Hall–Kier alpha value is -2.55. The Morgan fingerprint density at radius 3 is 2.69 bits per heavy atom. The third-order valence-corrected chi connectivity index (χ3v) is 4.52. The summed E-state index contributed by atoms with van der Waals surface area (Å²) in [6.45, 7) is 11.4. The summed E-state index contributed by atoms with van der Waals surface area (Å²) < 4.78 is 7.19. The number of carbonyl (C=O) groups excluding carboxylic acids is 2. The number of amides is 3. The van der Waals surface area contributed by atoms with E-state index in [-0.39, 0.29) is 6.04 Å². The molecule has 0 saturated carbocycles. The highest BCUT2D eigenvalue weighted by molar-refractivity contribution is 8.00. The molecule has 0 aliphatic heterocycles. The van der Waals surface area contributed by atoms with E-state index in [1.165, 1.54) is 11.8 Å². The number of aromatic nitrogens is 3. The van der Waals surface area contributed by atoms with Gasteiger partial charge in [0.15, 0.2) is 11.0 Å². The third kappa shape index (κ3) is 4.75. The van der Waals surface area contributed by atoms with E-state index < -0.39 is 17.2 Å². The lowest BCUT2D eigenvalue weighted by Crippen LogP contribution is -2.45. The Kier molecular flexibility index (Phi) is 6.62. The van der Waals surface area contributed by atoms with E-state index in [2.05, 4.69) is 27.4 Å². The number of thioether (sulfide) groups is 1. The highest BCUT2D eigenvalue weighted by atomic mass is 32.2. The summed E-state index contributed by atoms with van der Waals surface area (Å²) >= 11 is 1.22. The van der Waals surface area contributed by atoms with Crippen molar-refractivity contribution in [1.29, 1.82) is 0 Å². The van der Waals surface area contributed by atoms with Gasteiger partial charge in [0.05, 0.1) is 17.1 Å². The van der Waals surface area contributed by atoms with E-state index in [9.17, 15) is 9.59 Å². The lowest BCUT2D eigenvalue weighted by Gasteiger charge is -2.13. The molecule has 0 saturated heterocycles. The van der Waals surface area contributed by atoms with Gasteiger partial charge in [0.2, 0.25) is 5.91 Å². The molecule has 1 atom stereocenters. The fraction of sp³-hybridized carbons (Fsp3) is 0.412. The maximum atomic E-state index is 12.2. The Morgan fingerprint density at radius 2 is 2.12 bits per heavy atom. The Morgan fingerprint density at radius 1 is 1.38 bits per heavy atom. The van der Waals surface area contributed by atoms with Crippen LogP contribution in [0.3, 0.4) is 0 Å². The van der Waals surface area contributed by atoms with Gasteiger partial charge in [-0.15, -0.1) is 16.8 Å². The van der Waals surface area contributed by atoms with E-state index in [4.69, 9.17) is 4.42 Å². The number of imide groups is 1. The lowest BCUT2D eigenvalue weighted by molar-refractivity contribution is -0.119. The van der Waals surface area contributed by atoms with Crippen LogP contribution >= 0.6 is 11.8 Å². The smallest absolute Gasteiger partial charge is 0.321 e. The van der Waals surface area contributed by atoms with Crippen molar-refractivity contribution >= 4 is 23.7 Å². The number of nitrogens with zero attached hydrogens (tertiary/aromatic N) is 3. The van der Waals surface area contributed by atoms with Gasteiger partial charge in [-0.2, -0.15) is 0 Å². The van der Waals surface area contributed by atoms with Crippen molar-refractivity contribution < 1.29 is 14.0 Å². The second-order valence-corrected chi connectivity index (χ2v) is 7.28. The number of hydrogen-bond acceptors (Lipinski definition) is 6. The standard InChI is InChI=1S/C17H23N5O3S/c1-6-8-22-14(13-7-9-25-11(13)4)20-21-17(22)26-12(5)15(23)19-16(24)18-10(2)3/h6-7,9-10,12H,1,8H2,2-5H3,(H2,18,19,23,24)/t12-/m1/s1. The molecule has 9 heteroatoms. The van der Waals surface area contributed by atoms with Gasteiger partial charge < -0.3 is 9.73 Å². The van der Waals surface area contributed by atoms with Crippen LogP contribution in [0.25, 0.3) is 11.4 Å². The van der Waals surface area contributed by atoms with Crippen molar-refractivity contribution in [2.45, 2.75) is 50.7 Å². The molecule has 0 aromatic carbocycles. The maximum absolute atomic E-state index is 12.2. The molecule has 0 radical (unpaired) electrons. The van der Waals surface area contributed by atoms with Gasteiger partial charge in [-0.25, -0.2) is 4.79 Å². The topological polar surface area (TPSA) is 102 Å². The van der Waals surface area contributed by atoms with Crippen molar-refractivity contribution in [1.82, 2.24) is 25.4 Å². The van der Waals surface area contributed by atoms with Crippen LogP contribution in [0.1, 0.15) is 26.5 Å². The first-order valence-corrected chi connectivity index (χ1v) is 9.08. The van der Waals surface area contributed by atoms with E-state index in [1.807, 2.05) is 31.4 Å². The SMILES string of the molecule is C=CCn1c(S[C@H](C)C(=O)NC(=O)NC(C)C)nnc1-c1ccoc1C. The molecule has 0 fully saturated rings. The number of aryl methyl sites for hydroxylation is 1. The summed E-state index contributed by atoms with van der Waals surface area (Å²) in [7, 11) is 0. The number of carbonyl (C=O) groups is 2. The molecule has 0 bridgehead atoms. The predicted molar refractivity (Wildman–Crippen MR) is 99.8 cm³/mol. The van der Waals surface area contributed by atoms with Crippen molar-refractivity contribution in [3.63, 3.8) is 0 Å². The van der Waals surface area contributed by atoms with Crippen molar-refractivity contribution in [3.8, 4) is 11.4 Å². The van der Waals surface area contributed by atoms with Crippen LogP contribution in [0, 0.1) is 6.92 Å². The number of allylic oxidation sites excluding steroid dienone is 1. The zero-order valence-electron chi connectivity index (χ0n) is 15.3. The van der Waals surface area contributed by atoms with Crippen LogP contribution in [0.4, 0.5) is 4.79 Å². The van der Waals surface area contributed by atoms with Gasteiger partial charge in [-0.1, -0.05) is 17.8 Å². The molecule has 0 spiro atoms. The number of urea groups is 1. The molecule has 0 aliphatic rings. The van der Waals surface area contributed by atoms with Crippen LogP contribution in [-0.4, -0.2) is 38.0 Å². The number of hydrogen-bond donors (Lipinski definition) is 2. The molecule has 2 aromatic rings. The van der Waals surface area contributed by atoms with Crippen LogP contribution in [0.15, 0.2) is 34.6 Å². The van der Waals surface area contributed by atoms with E-state index >= 15 is 0 Å². The molecule has 26 heavy (non-hydrogen) atoms. The minimum absolute atomic E-state index is 0.0535. The Bertz CT molecular complexity index is 796. The molecule has 2 aromatic heterocycles. The zero-order chi connectivity index (χ0) is 19.3. The molecule has 2 heterocycles. The first-order valence-electron chi connectivity index (χ1n) is 8.20. The monoisotopic (exact) mass is 377 g/mol. The molecule has 0 unspecified atom stereocenters. The first kappa shape index (κ1) is 19.8. The summed E-state index contributed by atoms with van der Waals surface area (Å²) in [6, 6.07) is 1.25. The van der Waals surface area contributed by atoms with Crippen molar-refractivity contribution in [2.24, 2.45) is 0 Å². The normalized spacial score (nSPS) is 12.0. The maximum Gasteiger partial charge on any atom is 0.321 e. The first-order chi connectivity index (χ1) is 12.3. The molecule has 3 amide bonds. The van der Waals surface area contributed by atoms with E-state index in [0.717, 1.165) is 11.3 Å². The Labute approximate surface area is 156 Å². The van der Waals surface area contributed by atoms with Crippen LogP contribution in [0.2, 0.25) is 0 Å². The van der Waals surface area contributed by atoms with Crippen molar-refractivity contribution in [2.75, 3.05) is 0 Å². The van der Waals surface area contributed by atoms with Gasteiger partial charge >= 0.3 is 6.03 Å². The molecule has 140 valence electrons. The van der Waals surface area contributed by atoms with Crippen LogP contribution < -0.4 is 10.6 Å². The zero-order valence-corrected chi connectivity index (χ0v) is 16.1. The van der Waals surface area contributed by atoms with Gasteiger partial charge in [-0.05, 0) is 33.8 Å². The van der Waals surface area contributed by atoms with Gasteiger partial charge in [0.1, 0.15) is 5.76 Å². The third-order valence-electron chi connectivity index (χ3n) is 3.44. The van der Waals surface area contributed by atoms with E-state index in [0.29, 0.717) is 17.5 Å². The molecular formula is C17H23N5O3S. The van der Waals surface area contributed by atoms with Gasteiger partial charge in [-0.3, -0.25) is 14.7 Å². The lowest BCUT2D eigenvalue weighted by atomic mass is 10.2. The minimum atomic E-state index is -0.529. The summed E-state index contributed by atoms with van der Waals surface area (Å²) in [5.74, 6) is 0.974. The summed E-state index contributed by atoms with van der Waals surface area (Å²) in [5, 5.41) is 13.4. The highest BCUT2D eigenvalue weighted by Crippen LogP contribution is 2.29. The second-order valence-electron chi connectivity index (χ2n) is 5.97. The van der Waals surface area contributed by atoms with Gasteiger partial charge in [0, 0.05) is 12.6 Å². The number of nitrogens with one attached hydrogen (secondary N) is 2. The van der Waals surface area contributed by atoms with Crippen LogP contribution in [0.5, 0.6) is 0 Å². The molecular weight excluding hydrogens is 354 g/mol. The summed E-state index contributed by atoms with van der Waals surface area (Å²) in [6.07, 6.45) is 3.32. The molecule has 0 aliphatic carbocycles. The molecule has 2 N–H and O–H groups in total. The Balaban J connectivity index is 2.15. The van der Waals surface area contributed by atoms with Crippen LogP contribution in [-0.2, 0) is 11.3 Å². The average Bonchev–Trinajstić information content (AvgIpc) is 3.13. The summed E-state index contributed by atoms with van der Waals surface area (Å²) in [4.78, 5) is 23.9. The largest absolute Gasteiger partial charge is 0.469 e. The molecule has 8 nitrogen and oxygen atoms in total. The number of rotatable bonds is 7. The van der Waals surface area contributed by atoms with Crippen molar-refractivity contribution in [3.05, 3.63) is 30.7 Å². The fourth-order valence-electron chi connectivity index (χ4n) is 2.21. The quantitative estimate of drug-likeness (QED) is 0.568. The second kappa shape index (κ2) is 8.70. The number of furan rings is 1. The summed E-state index contributed by atoms with van der Waals surface area (Å²) in [5.41, 5.74) is 0.833.